The molecule has 1 saturated heterocycles. The van der Waals surface area contributed by atoms with E-state index in [-0.39, 0.29) is 35.7 Å². The Morgan fingerprint density at radius 3 is 2.61 bits per heavy atom. The maximum atomic E-state index is 14.1. The molecule has 1 aliphatic rings. The number of hydrogen-bond donors (Lipinski definition) is 2. The van der Waals surface area contributed by atoms with Gasteiger partial charge in [0.2, 0.25) is 5.89 Å². The first kappa shape index (κ1) is 24.9. The normalized spacial score (nSPS) is 15.9. The molecule has 0 bridgehead atoms. The Kier molecular flexibility index (Phi) is 8.65. The largest absolute Gasteiger partial charge is 0.444 e. The van der Waals surface area contributed by atoms with Gasteiger partial charge >= 0.3 is 0 Å². The third-order valence-corrected chi connectivity index (χ3v) is 5.53. The van der Waals surface area contributed by atoms with Crippen LogP contribution in [-0.2, 0) is 6.42 Å². The van der Waals surface area contributed by atoms with Crippen molar-refractivity contribution in [3.63, 3.8) is 0 Å². The van der Waals surface area contributed by atoms with Crippen molar-refractivity contribution in [2.75, 3.05) is 31.6 Å². The number of nitrogens with one attached hydrogen (secondary N) is 2. The highest BCUT2D eigenvalue weighted by Gasteiger charge is 2.27. The van der Waals surface area contributed by atoms with E-state index >= 15 is 0 Å². The van der Waals surface area contributed by atoms with Gasteiger partial charge in [0.1, 0.15) is 23.6 Å². The lowest BCUT2D eigenvalue weighted by Gasteiger charge is -2.21. The fourth-order valence-electron chi connectivity index (χ4n) is 3.82. The first-order chi connectivity index (χ1) is 15.5. The Bertz CT molecular complexity index is 1070. The summed E-state index contributed by atoms with van der Waals surface area (Å²) in [6, 6.07) is 12.0. The van der Waals surface area contributed by atoms with Crippen LogP contribution in [0.2, 0.25) is 0 Å². The molecule has 1 aromatic heterocycles. The third kappa shape index (κ3) is 6.21. The molecule has 6 nitrogen and oxygen atoms in total. The van der Waals surface area contributed by atoms with Gasteiger partial charge in [-0.3, -0.25) is 4.99 Å². The second-order valence-corrected chi connectivity index (χ2v) is 7.91. The van der Waals surface area contributed by atoms with Crippen molar-refractivity contribution < 1.29 is 13.2 Å². The molecule has 1 aliphatic heterocycles. The van der Waals surface area contributed by atoms with Crippen LogP contribution in [0.25, 0.3) is 11.5 Å². The molecule has 0 saturated carbocycles. The summed E-state index contributed by atoms with van der Waals surface area (Å²) in [5.41, 5.74) is 3.03. The maximum absolute atomic E-state index is 14.1. The quantitative estimate of drug-likeness (QED) is 0.261. The van der Waals surface area contributed by atoms with Crippen molar-refractivity contribution >= 4 is 35.6 Å². The van der Waals surface area contributed by atoms with Crippen LogP contribution < -0.4 is 15.5 Å². The SMILES string of the molecule is CN=C(NCCc1coc(-c2ccc(C)cc2)n1)NC1CCN(c2c(F)cccc2F)C1.I. The average Bonchev–Trinajstić information content (AvgIpc) is 3.43. The Hall–Kier alpha value is -2.69. The smallest absolute Gasteiger partial charge is 0.226 e. The molecule has 0 aliphatic carbocycles. The number of nitrogens with zero attached hydrogens (tertiary/aromatic N) is 3. The van der Waals surface area contributed by atoms with Crippen LogP contribution in [0.5, 0.6) is 0 Å². The van der Waals surface area contributed by atoms with Crippen molar-refractivity contribution in [1.29, 1.82) is 0 Å². The third-order valence-electron chi connectivity index (χ3n) is 5.53. The molecule has 176 valence electrons. The molecule has 33 heavy (non-hydrogen) atoms. The molecule has 0 radical (unpaired) electrons. The zero-order valence-electron chi connectivity index (χ0n) is 18.6. The van der Waals surface area contributed by atoms with E-state index < -0.39 is 11.6 Å². The van der Waals surface area contributed by atoms with E-state index in [2.05, 4.69) is 20.6 Å². The number of hydrogen-bond acceptors (Lipinski definition) is 4. The van der Waals surface area contributed by atoms with Crippen LogP contribution in [0.4, 0.5) is 14.5 Å². The van der Waals surface area contributed by atoms with Gasteiger partial charge in [0, 0.05) is 44.7 Å². The number of guanidine groups is 1. The van der Waals surface area contributed by atoms with Crippen LogP contribution >= 0.6 is 24.0 Å². The lowest BCUT2D eigenvalue weighted by atomic mass is 10.1. The first-order valence-corrected chi connectivity index (χ1v) is 10.7. The summed E-state index contributed by atoms with van der Waals surface area (Å²) < 4.78 is 33.7. The molecular formula is C24H28F2IN5O. The van der Waals surface area contributed by atoms with Gasteiger partial charge in [0.05, 0.1) is 5.69 Å². The zero-order valence-corrected chi connectivity index (χ0v) is 21.0. The van der Waals surface area contributed by atoms with Crippen LogP contribution in [0.3, 0.4) is 0 Å². The van der Waals surface area contributed by atoms with Crippen LogP contribution in [0.15, 0.2) is 58.1 Å². The monoisotopic (exact) mass is 567 g/mol. The molecule has 2 aromatic carbocycles. The van der Waals surface area contributed by atoms with E-state index in [9.17, 15) is 8.78 Å². The standard InChI is InChI=1S/C24H27F2N5O.HI/c1-16-6-8-17(9-7-16)23-29-19(15-32-23)10-12-28-24(27-2)30-18-11-13-31(14-18)22-20(25)4-3-5-21(22)26;/h3-9,15,18H,10-14H2,1-2H3,(H2,27,28,30);1H. The second kappa shape index (κ2) is 11.4. The second-order valence-electron chi connectivity index (χ2n) is 7.91. The minimum atomic E-state index is -0.536. The molecule has 1 unspecified atom stereocenters. The minimum Gasteiger partial charge on any atom is -0.444 e. The number of aliphatic imine (C=N–C) groups is 1. The van der Waals surface area contributed by atoms with Crippen molar-refractivity contribution in [3.05, 3.63) is 71.6 Å². The molecule has 3 aromatic rings. The summed E-state index contributed by atoms with van der Waals surface area (Å²) in [6.07, 6.45) is 3.11. The summed E-state index contributed by atoms with van der Waals surface area (Å²) in [5.74, 6) is 0.179. The fraction of sp³-hybridized carbons (Fsp3) is 0.333. The van der Waals surface area contributed by atoms with Crippen molar-refractivity contribution in [3.8, 4) is 11.5 Å². The molecule has 9 heteroatoms. The van der Waals surface area contributed by atoms with Crippen molar-refractivity contribution in [2.24, 2.45) is 4.99 Å². The van der Waals surface area contributed by atoms with E-state index in [1.54, 1.807) is 18.2 Å². The predicted molar refractivity (Wildman–Crippen MR) is 137 cm³/mol. The van der Waals surface area contributed by atoms with E-state index in [1.807, 2.05) is 31.2 Å². The lowest BCUT2D eigenvalue weighted by Crippen LogP contribution is -2.45. The van der Waals surface area contributed by atoms with Gasteiger partial charge in [-0.15, -0.1) is 24.0 Å². The van der Waals surface area contributed by atoms with Crippen LogP contribution in [-0.4, -0.2) is 43.7 Å². The highest BCUT2D eigenvalue weighted by molar-refractivity contribution is 14.0. The summed E-state index contributed by atoms with van der Waals surface area (Å²) in [4.78, 5) is 10.5. The molecule has 2 N–H and O–H groups in total. The van der Waals surface area contributed by atoms with Crippen molar-refractivity contribution in [1.82, 2.24) is 15.6 Å². The number of rotatable bonds is 6. The van der Waals surface area contributed by atoms with Crippen molar-refractivity contribution in [2.45, 2.75) is 25.8 Å². The molecule has 0 spiro atoms. The van der Waals surface area contributed by atoms with Gasteiger partial charge in [0.15, 0.2) is 5.96 Å². The van der Waals surface area contributed by atoms with Gasteiger partial charge < -0.3 is 20.0 Å². The Morgan fingerprint density at radius 1 is 1.18 bits per heavy atom. The summed E-state index contributed by atoms with van der Waals surface area (Å²) in [7, 11) is 1.70. The van der Waals surface area contributed by atoms with Gasteiger partial charge in [0.25, 0.3) is 0 Å². The highest BCUT2D eigenvalue weighted by atomic mass is 127. The molecule has 1 fully saturated rings. The minimum absolute atomic E-state index is 0. The van der Waals surface area contributed by atoms with Gasteiger partial charge in [-0.1, -0.05) is 23.8 Å². The first-order valence-electron chi connectivity index (χ1n) is 10.7. The van der Waals surface area contributed by atoms with E-state index in [4.69, 9.17) is 4.42 Å². The number of para-hydroxylation sites is 1. The topological polar surface area (TPSA) is 65.7 Å². The summed E-state index contributed by atoms with van der Waals surface area (Å²) in [5, 5.41) is 6.60. The number of anilines is 1. The number of benzene rings is 2. The summed E-state index contributed by atoms with van der Waals surface area (Å²) in [6.45, 7) is 3.74. The van der Waals surface area contributed by atoms with Gasteiger partial charge in [-0.25, -0.2) is 13.8 Å². The average molecular weight is 567 g/mol. The number of aromatic nitrogens is 1. The Morgan fingerprint density at radius 2 is 1.91 bits per heavy atom. The highest BCUT2D eigenvalue weighted by Crippen LogP contribution is 2.26. The van der Waals surface area contributed by atoms with Gasteiger partial charge in [-0.2, -0.15) is 0 Å². The van der Waals surface area contributed by atoms with E-state index in [0.29, 0.717) is 37.9 Å². The van der Waals surface area contributed by atoms with Gasteiger partial charge in [-0.05, 0) is 37.6 Å². The van der Waals surface area contributed by atoms with Crippen LogP contribution in [0, 0.1) is 18.6 Å². The fourth-order valence-corrected chi connectivity index (χ4v) is 3.82. The maximum Gasteiger partial charge on any atom is 0.226 e. The number of oxazole rings is 1. The van der Waals surface area contributed by atoms with E-state index in [0.717, 1.165) is 17.7 Å². The predicted octanol–water partition coefficient (Wildman–Crippen LogP) is 4.53. The number of aryl methyl sites for hydroxylation is 1. The molecule has 1 atom stereocenters. The number of halogens is 3. The molecule has 2 heterocycles. The summed E-state index contributed by atoms with van der Waals surface area (Å²) >= 11 is 0. The zero-order chi connectivity index (χ0) is 22.5. The molecule has 4 rings (SSSR count). The van der Waals surface area contributed by atoms with Crippen LogP contribution in [0.1, 0.15) is 17.7 Å². The molecular weight excluding hydrogens is 539 g/mol. The Labute approximate surface area is 209 Å². The molecule has 0 amide bonds. The lowest BCUT2D eigenvalue weighted by molar-refractivity contribution is 0.572. The van der Waals surface area contributed by atoms with E-state index in [1.165, 1.54) is 23.8 Å². The Balaban J connectivity index is 0.00000306.